The van der Waals surface area contributed by atoms with Crippen LogP contribution in [0.15, 0.2) is 16.6 Å². The molecular formula is C15H22BrNO2. The Kier molecular flexibility index (Phi) is 5.11. The molecule has 1 aromatic rings. The Hall–Kier alpha value is -0.740. The Balaban J connectivity index is 2.30. The third-order valence-corrected chi connectivity index (χ3v) is 3.88. The first kappa shape index (κ1) is 14.7. The summed E-state index contributed by atoms with van der Waals surface area (Å²) >= 11 is 3.66. The van der Waals surface area contributed by atoms with Crippen molar-refractivity contribution in [1.29, 1.82) is 0 Å². The molecule has 1 aliphatic rings. The molecule has 0 aliphatic carbocycles. The van der Waals surface area contributed by atoms with Gasteiger partial charge in [0, 0.05) is 10.5 Å². The molecule has 1 atom stereocenters. The van der Waals surface area contributed by atoms with Crippen LogP contribution in [0.2, 0.25) is 0 Å². The van der Waals surface area contributed by atoms with Crippen LogP contribution in [0.25, 0.3) is 0 Å². The molecule has 0 saturated heterocycles. The number of rotatable bonds is 5. The van der Waals surface area contributed by atoms with E-state index in [0.717, 1.165) is 28.9 Å². The number of benzene rings is 1. The smallest absolute Gasteiger partial charge is 0.162 e. The van der Waals surface area contributed by atoms with E-state index in [1.807, 2.05) is 6.07 Å². The fourth-order valence-corrected chi connectivity index (χ4v) is 2.98. The first-order valence-corrected chi connectivity index (χ1v) is 7.73. The maximum Gasteiger partial charge on any atom is 0.162 e. The topological polar surface area (TPSA) is 30.5 Å². The normalized spacial score (nSPS) is 15.6. The molecule has 0 radical (unpaired) electrons. The van der Waals surface area contributed by atoms with Crippen LogP contribution in [0.3, 0.4) is 0 Å². The molecule has 19 heavy (non-hydrogen) atoms. The highest BCUT2D eigenvalue weighted by Crippen LogP contribution is 2.39. The Labute approximate surface area is 123 Å². The van der Waals surface area contributed by atoms with E-state index in [2.05, 4.69) is 48.1 Å². The highest BCUT2D eigenvalue weighted by Gasteiger charge is 2.20. The Morgan fingerprint density at radius 1 is 1.21 bits per heavy atom. The Bertz CT molecular complexity index is 434. The van der Waals surface area contributed by atoms with Crippen LogP contribution in [-0.2, 0) is 0 Å². The predicted molar refractivity (Wildman–Crippen MR) is 81.0 cm³/mol. The molecule has 0 amide bonds. The second-order valence-corrected chi connectivity index (χ2v) is 6.11. The lowest BCUT2D eigenvalue weighted by Crippen LogP contribution is -2.23. The SMILES string of the molecule is CCNC(CC(C)C)c1cc2c(cc1Br)OCCO2. The van der Waals surface area contributed by atoms with Crippen molar-refractivity contribution >= 4 is 15.9 Å². The Morgan fingerprint density at radius 3 is 2.42 bits per heavy atom. The molecule has 0 fully saturated rings. The van der Waals surface area contributed by atoms with Gasteiger partial charge in [-0.2, -0.15) is 0 Å². The summed E-state index contributed by atoms with van der Waals surface area (Å²) in [6.45, 7) is 8.84. The second kappa shape index (κ2) is 6.62. The summed E-state index contributed by atoms with van der Waals surface area (Å²) in [5, 5.41) is 3.55. The van der Waals surface area contributed by atoms with Gasteiger partial charge in [0.05, 0.1) is 0 Å². The lowest BCUT2D eigenvalue weighted by Gasteiger charge is -2.25. The standard InChI is InChI=1S/C15H22BrNO2/c1-4-17-13(7-10(2)3)11-8-14-15(9-12(11)16)19-6-5-18-14/h8-10,13,17H,4-7H2,1-3H3. The van der Waals surface area contributed by atoms with E-state index in [-0.39, 0.29) is 0 Å². The maximum absolute atomic E-state index is 5.68. The molecule has 1 N–H and O–H groups in total. The lowest BCUT2D eigenvalue weighted by atomic mass is 9.96. The van der Waals surface area contributed by atoms with Crippen LogP contribution in [0.4, 0.5) is 0 Å². The molecule has 3 nitrogen and oxygen atoms in total. The van der Waals surface area contributed by atoms with Gasteiger partial charge in [-0.25, -0.2) is 0 Å². The zero-order chi connectivity index (χ0) is 13.8. The van der Waals surface area contributed by atoms with Crippen LogP contribution in [0.5, 0.6) is 11.5 Å². The summed E-state index contributed by atoms with van der Waals surface area (Å²) in [7, 11) is 0. The molecule has 0 bridgehead atoms. The van der Waals surface area contributed by atoms with Gasteiger partial charge in [-0.05, 0) is 36.6 Å². The third kappa shape index (κ3) is 3.63. The summed E-state index contributed by atoms with van der Waals surface area (Å²) in [5.41, 5.74) is 1.25. The van der Waals surface area contributed by atoms with Crippen molar-refractivity contribution in [3.8, 4) is 11.5 Å². The summed E-state index contributed by atoms with van der Waals surface area (Å²) in [6.07, 6.45) is 1.10. The molecule has 1 aromatic carbocycles. The summed E-state index contributed by atoms with van der Waals surface area (Å²) in [4.78, 5) is 0. The van der Waals surface area contributed by atoms with Gasteiger partial charge in [-0.1, -0.05) is 36.7 Å². The molecule has 1 heterocycles. The number of nitrogens with one attached hydrogen (secondary N) is 1. The van der Waals surface area contributed by atoms with Gasteiger partial charge in [0.1, 0.15) is 13.2 Å². The number of hydrogen-bond acceptors (Lipinski definition) is 3. The Morgan fingerprint density at radius 2 is 1.84 bits per heavy atom. The minimum Gasteiger partial charge on any atom is -0.486 e. The van der Waals surface area contributed by atoms with Gasteiger partial charge in [0.25, 0.3) is 0 Å². The highest BCUT2D eigenvalue weighted by atomic mass is 79.9. The van der Waals surface area contributed by atoms with E-state index in [0.29, 0.717) is 25.2 Å². The monoisotopic (exact) mass is 327 g/mol. The van der Waals surface area contributed by atoms with Gasteiger partial charge < -0.3 is 14.8 Å². The van der Waals surface area contributed by atoms with Gasteiger partial charge in [0.2, 0.25) is 0 Å². The third-order valence-electron chi connectivity index (χ3n) is 3.19. The fraction of sp³-hybridized carbons (Fsp3) is 0.600. The first-order valence-electron chi connectivity index (χ1n) is 6.94. The van der Waals surface area contributed by atoms with Gasteiger partial charge in [-0.15, -0.1) is 0 Å². The number of fused-ring (bicyclic) bond motifs is 1. The second-order valence-electron chi connectivity index (χ2n) is 5.26. The van der Waals surface area contributed by atoms with E-state index in [1.54, 1.807) is 0 Å². The predicted octanol–water partition coefficient (Wildman–Crippen LogP) is 3.92. The van der Waals surface area contributed by atoms with Crippen molar-refractivity contribution < 1.29 is 9.47 Å². The molecule has 0 aromatic heterocycles. The van der Waals surface area contributed by atoms with E-state index in [9.17, 15) is 0 Å². The molecule has 0 saturated carbocycles. The van der Waals surface area contributed by atoms with Gasteiger partial charge >= 0.3 is 0 Å². The van der Waals surface area contributed by atoms with Crippen molar-refractivity contribution in [3.63, 3.8) is 0 Å². The summed E-state index contributed by atoms with van der Waals surface area (Å²) < 4.78 is 12.4. The summed E-state index contributed by atoms with van der Waals surface area (Å²) in [5.74, 6) is 2.34. The van der Waals surface area contributed by atoms with E-state index >= 15 is 0 Å². The molecule has 0 spiro atoms. The van der Waals surface area contributed by atoms with Crippen molar-refractivity contribution in [2.75, 3.05) is 19.8 Å². The average Bonchev–Trinajstić information content (AvgIpc) is 2.37. The lowest BCUT2D eigenvalue weighted by molar-refractivity contribution is 0.171. The van der Waals surface area contributed by atoms with E-state index < -0.39 is 0 Å². The molecule has 1 unspecified atom stereocenters. The minimum absolute atomic E-state index is 0.343. The molecule has 106 valence electrons. The van der Waals surface area contributed by atoms with Crippen molar-refractivity contribution in [1.82, 2.24) is 5.32 Å². The molecule has 4 heteroatoms. The molecular weight excluding hydrogens is 306 g/mol. The van der Waals surface area contributed by atoms with Crippen LogP contribution >= 0.6 is 15.9 Å². The van der Waals surface area contributed by atoms with Crippen LogP contribution in [0, 0.1) is 5.92 Å². The number of ether oxygens (including phenoxy) is 2. The van der Waals surface area contributed by atoms with Crippen LogP contribution in [0.1, 0.15) is 38.8 Å². The van der Waals surface area contributed by atoms with Crippen molar-refractivity contribution in [2.45, 2.75) is 33.2 Å². The number of hydrogen-bond donors (Lipinski definition) is 1. The fourth-order valence-electron chi connectivity index (χ4n) is 2.38. The van der Waals surface area contributed by atoms with Crippen molar-refractivity contribution in [2.24, 2.45) is 5.92 Å². The zero-order valence-corrected chi connectivity index (χ0v) is 13.4. The zero-order valence-electron chi connectivity index (χ0n) is 11.8. The largest absolute Gasteiger partial charge is 0.486 e. The van der Waals surface area contributed by atoms with Gasteiger partial charge in [0.15, 0.2) is 11.5 Å². The molecule has 1 aliphatic heterocycles. The van der Waals surface area contributed by atoms with Crippen LogP contribution < -0.4 is 14.8 Å². The first-order chi connectivity index (χ1) is 9.11. The van der Waals surface area contributed by atoms with Crippen LogP contribution in [-0.4, -0.2) is 19.8 Å². The quantitative estimate of drug-likeness (QED) is 0.889. The highest BCUT2D eigenvalue weighted by molar-refractivity contribution is 9.10. The maximum atomic E-state index is 5.68. The van der Waals surface area contributed by atoms with E-state index in [4.69, 9.17) is 9.47 Å². The van der Waals surface area contributed by atoms with Gasteiger partial charge in [-0.3, -0.25) is 0 Å². The average molecular weight is 328 g/mol. The minimum atomic E-state index is 0.343. The summed E-state index contributed by atoms with van der Waals surface area (Å²) in [6, 6.07) is 4.47. The number of halogens is 1. The van der Waals surface area contributed by atoms with Crippen molar-refractivity contribution in [3.05, 3.63) is 22.2 Å². The molecule has 2 rings (SSSR count). The van der Waals surface area contributed by atoms with E-state index in [1.165, 1.54) is 5.56 Å².